The number of hydrogen-bond acceptors (Lipinski definition) is 2. The van der Waals surface area contributed by atoms with Crippen LogP contribution in [0, 0.1) is 0 Å². The maximum Gasteiger partial charge on any atom is 0.301 e. The third kappa shape index (κ3) is 5.11. The Kier molecular flexibility index (Phi) is 5.44. The van der Waals surface area contributed by atoms with Gasteiger partial charge in [-0.25, -0.2) is 0 Å². The van der Waals surface area contributed by atoms with Crippen molar-refractivity contribution in [2.75, 3.05) is 6.61 Å². The summed E-state index contributed by atoms with van der Waals surface area (Å²) >= 11 is -2.11. The van der Waals surface area contributed by atoms with Gasteiger partial charge in [-0.1, -0.05) is 30.3 Å². The molecule has 78 valence electrons. The van der Waals surface area contributed by atoms with Gasteiger partial charge in [-0.05, 0) is 24.8 Å². The lowest BCUT2D eigenvalue weighted by Crippen LogP contribution is -1.98. The minimum atomic E-state index is -2.11. The van der Waals surface area contributed by atoms with Gasteiger partial charge in [0.2, 0.25) is 0 Å². The lowest BCUT2D eigenvalue weighted by atomic mass is 10.1. The molecule has 1 rings (SSSR count). The topological polar surface area (TPSA) is 46.5 Å². The van der Waals surface area contributed by atoms with Gasteiger partial charge in [0, 0.05) is 0 Å². The molecule has 4 heteroatoms. The third-order valence-electron chi connectivity index (χ3n) is 1.89. The average molecular weight is 214 g/mol. The zero-order valence-electron chi connectivity index (χ0n) is 7.89. The normalized spacial score (nSPS) is 12.6. The number of unbranched alkanes of at least 4 members (excludes halogenated alkanes) is 1. The molecule has 1 unspecified atom stereocenters. The van der Waals surface area contributed by atoms with E-state index in [-0.39, 0.29) is 0 Å². The van der Waals surface area contributed by atoms with Gasteiger partial charge in [0.25, 0.3) is 0 Å². The highest BCUT2D eigenvalue weighted by Crippen LogP contribution is 2.04. The van der Waals surface area contributed by atoms with Crippen molar-refractivity contribution in [3.8, 4) is 0 Å². The van der Waals surface area contributed by atoms with E-state index in [0.29, 0.717) is 6.61 Å². The summed E-state index contributed by atoms with van der Waals surface area (Å²) in [6.07, 6.45) is 2.77. The Hall–Kier alpha value is -0.710. The third-order valence-corrected chi connectivity index (χ3v) is 2.26. The molecule has 1 atom stereocenters. The molecule has 0 saturated carbocycles. The number of benzene rings is 1. The first kappa shape index (κ1) is 11.4. The predicted octanol–water partition coefficient (Wildman–Crippen LogP) is 2.16. The van der Waals surface area contributed by atoms with Crippen LogP contribution in [0.25, 0.3) is 0 Å². The molecular formula is C10H14O3S. The number of hydrogen-bond donors (Lipinski definition) is 1. The molecule has 0 aromatic heterocycles. The predicted molar refractivity (Wildman–Crippen MR) is 56.1 cm³/mol. The first-order valence-corrected chi connectivity index (χ1v) is 5.60. The average Bonchev–Trinajstić information content (AvgIpc) is 2.18. The van der Waals surface area contributed by atoms with Crippen molar-refractivity contribution in [3.63, 3.8) is 0 Å². The van der Waals surface area contributed by atoms with E-state index >= 15 is 0 Å². The zero-order chi connectivity index (χ0) is 10.2. The summed E-state index contributed by atoms with van der Waals surface area (Å²) in [4.78, 5) is 0. The Morgan fingerprint density at radius 3 is 2.57 bits per heavy atom. The summed E-state index contributed by atoms with van der Waals surface area (Å²) in [5, 5.41) is 0. The van der Waals surface area contributed by atoms with E-state index in [9.17, 15) is 4.21 Å². The van der Waals surface area contributed by atoms with Crippen LogP contribution >= 0.6 is 0 Å². The van der Waals surface area contributed by atoms with E-state index in [0.717, 1.165) is 19.3 Å². The molecule has 1 N–H and O–H groups in total. The van der Waals surface area contributed by atoms with Crippen LogP contribution in [0.3, 0.4) is 0 Å². The van der Waals surface area contributed by atoms with Crippen LogP contribution < -0.4 is 0 Å². The molecule has 14 heavy (non-hydrogen) atoms. The highest BCUT2D eigenvalue weighted by atomic mass is 32.2. The summed E-state index contributed by atoms with van der Waals surface area (Å²) < 4.78 is 22.9. The van der Waals surface area contributed by atoms with Crippen molar-refractivity contribution in [2.45, 2.75) is 19.3 Å². The van der Waals surface area contributed by atoms with Crippen molar-refractivity contribution in [1.82, 2.24) is 0 Å². The van der Waals surface area contributed by atoms with E-state index in [2.05, 4.69) is 16.3 Å². The summed E-state index contributed by atoms with van der Waals surface area (Å²) in [7, 11) is 0. The second-order valence-corrected chi connectivity index (χ2v) is 3.65. The fraction of sp³-hybridized carbons (Fsp3) is 0.400. The van der Waals surface area contributed by atoms with Crippen molar-refractivity contribution in [2.24, 2.45) is 0 Å². The van der Waals surface area contributed by atoms with Crippen molar-refractivity contribution in [3.05, 3.63) is 35.9 Å². The molecule has 0 saturated heterocycles. The van der Waals surface area contributed by atoms with Crippen LogP contribution in [0.5, 0.6) is 0 Å². The van der Waals surface area contributed by atoms with E-state index in [1.165, 1.54) is 5.56 Å². The summed E-state index contributed by atoms with van der Waals surface area (Å²) in [5.41, 5.74) is 1.29. The van der Waals surface area contributed by atoms with Crippen LogP contribution in [-0.4, -0.2) is 15.4 Å². The second kappa shape index (κ2) is 6.70. The van der Waals surface area contributed by atoms with Crippen LogP contribution in [0.2, 0.25) is 0 Å². The SMILES string of the molecule is O=S(O)OCCCCc1ccccc1. The molecule has 0 amide bonds. The van der Waals surface area contributed by atoms with E-state index in [1.807, 2.05) is 18.2 Å². The molecule has 0 aliphatic heterocycles. The molecule has 0 aliphatic carbocycles. The Morgan fingerprint density at radius 2 is 1.93 bits per heavy atom. The largest absolute Gasteiger partial charge is 0.301 e. The highest BCUT2D eigenvalue weighted by Gasteiger charge is 1.95. The van der Waals surface area contributed by atoms with Gasteiger partial charge >= 0.3 is 11.4 Å². The van der Waals surface area contributed by atoms with Crippen LogP contribution in [0.4, 0.5) is 0 Å². The molecule has 1 aromatic carbocycles. The zero-order valence-corrected chi connectivity index (χ0v) is 8.70. The van der Waals surface area contributed by atoms with Gasteiger partial charge in [-0.2, -0.15) is 4.21 Å². The van der Waals surface area contributed by atoms with Gasteiger partial charge in [0.1, 0.15) is 0 Å². The van der Waals surface area contributed by atoms with Gasteiger partial charge in [-0.15, -0.1) is 0 Å². The van der Waals surface area contributed by atoms with Crippen LogP contribution in [0.15, 0.2) is 30.3 Å². The van der Waals surface area contributed by atoms with Crippen LogP contribution in [-0.2, 0) is 22.0 Å². The maximum atomic E-state index is 10.1. The molecule has 0 spiro atoms. The van der Waals surface area contributed by atoms with Crippen molar-refractivity contribution >= 4 is 11.4 Å². The van der Waals surface area contributed by atoms with E-state index < -0.39 is 11.4 Å². The minimum Gasteiger partial charge on any atom is -0.284 e. The molecule has 1 aromatic rings. The lowest BCUT2D eigenvalue weighted by Gasteiger charge is -2.00. The minimum absolute atomic E-state index is 0.343. The van der Waals surface area contributed by atoms with Gasteiger partial charge < -0.3 is 0 Å². The van der Waals surface area contributed by atoms with E-state index in [1.54, 1.807) is 0 Å². The molecule has 3 nitrogen and oxygen atoms in total. The first-order valence-electron chi connectivity index (χ1n) is 4.57. The first-order chi connectivity index (χ1) is 6.79. The van der Waals surface area contributed by atoms with Gasteiger partial charge in [0.15, 0.2) is 0 Å². The fourth-order valence-corrected chi connectivity index (χ4v) is 1.47. The smallest absolute Gasteiger partial charge is 0.284 e. The lowest BCUT2D eigenvalue weighted by molar-refractivity contribution is 0.298. The Labute approximate surface area is 86.6 Å². The molecule has 0 aliphatic rings. The maximum absolute atomic E-state index is 10.1. The van der Waals surface area contributed by atoms with Crippen molar-refractivity contribution < 1.29 is 12.9 Å². The Morgan fingerprint density at radius 1 is 1.21 bits per heavy atom. The van der Waals surface area contributed by atoms with E-state index in [4.69, 9.17) is 4.55 Å². The van der Waals surface area contributed by atoms with Crippen LogP contribution in [0.1, 0.15) is 18.4 Å². The fourth-order valence-electron chi connectivity index (χ4n) is 1.21. The standard InChI is InChI=1S/C10H14O3S/c11-14(12)13-9-5-4-8-10-6-2-1-3-7-10/h1-3,6-7H,4-5,8-9H2,(H,11,12). The summed E-state index contributed by atoms with van der Waals surface area (Å²) in [6.45, 7) is 0.343. The molecule has 0 radical (unpaired) electrons. The monoisotopic (exact) mass is 214 g/mol. The molecule has 0 fully saturated rings. The quantitative estimate of drug-likeness (QED) is 0.583. The van der Waals surface area contributed by atoms with Gasteiger partial charge in [0.05, 0.1) is 6.61 Å². The number of rotatable bonds is 6. The summed E-state index contributed by atoms with van der Waals surface area (Å²) in [6, 6.07) is 10.2. The van der Waals surface area contributed by atoms with Crippen molar-refractivity contribution in [1.29, 1.82) is 0 Å². The molecule has 0 bridgehead atoms. The highest BCUT2D eigenvalue weighted by molar-refractivity contribution is 7.74. The summed E-state index contributed by atoms with van der Waals surface area (Å²) in [5.74, 6) is 0. The molecular weight excluding hydrogens is 200 g/mol. The number of aryl methyl sites for hydroxylation is 1. The molecule has 0 heterocycles. The Balaban J connectivity index is 2.08. The van der Waals surface area contributed by atoms with Gasteiger partial charge in [-0.3, -0.25) is 8.74 Å². The Bertz CT molecular complexity index is 274. The second-order valence-electron chi connectivity index (χ2n) is 2.98.